The van der Waals surface area contributed by atoms with Gasteiger partial charge < -0.3 is 19.7 Å². The zero-order valence-corrected chi connectivity index (χ0v) is 26.9. The number of carboxylic acids is 2. The molecule has 0 aliphatic carbocycles. The van der Waals surface area contributed by atoms with Crippen LogP contribution in [0.3, 0.4) is 0 Å². The number of thioether (sulfide) groups is 1. The molecule has 238 valence electrons. The minimum atomic E-state index is -1.09. The molecule has 3 N–H and O–H groups in total. The minimum Gasteiger partial charge on any atom is -0.481 e. The van der Waals surface area contributed by atoms with Gasteiger partial charge in [0.1, 0.15) is 5.58 Å². The quantitative estimate of drug-likeness (QED) is 0.0522. The Hall–Kier alpha value is -2.84. The number of hydrogen-bond acceptors (Lipinski definition) is 6. The third kappa shape index (κ3) is 12.7. The van der Waals surface area contributed by atoms with E-state index in [1.807, 2.05) is 37.3 Å². The molecule has 0 spiro atoms. The number of aliphatic hydroxyl groups is 1. The van der Waals surface area contributed by atoms with Gasteiger partial charge in [-0.1, -0.05) is 89.5 Å². The van der Waals surface area contributed by atoms with Gasteiger partial charge in [-0.05, 0) is 56.7 Å². The molecule has 2 rings (SSSR count). The van der Waals surface area contributed by atoms with Gasteiger partial charge in [-0.25, -0.2) is 4.79 Å². The first-order valence-corrected chi connectivity index (χ1v) is 16.8. The zero-order valence-electron chi connectivity index (χ0n) is 26.1. The van der Waals surface area contributed by atoms with Crippen molar-refractivity contribution in [1.29, 1.82) is 0 Å². The number of hydrogen-bond donors (Lipinski definition) is 3. The van der Waals surface area contributed by atoms with Gasteiger partial charge in [-0.2, -0.15) is 0 Å². The van der Waals surface area contributed by atoms with Gasteiger partial charge >= 0.3 is 17.6 Å². The molecule has 7 nitrogen and oxygen atoms in total. The summed E-state index contributed by atoms with van der Waals surface area (Å²) in [6, 6.07) is 3.79. The number of allylic oxidation sites excluding steroid dienone is 3. The van der Waals surface area contributed by atoms with Gasteiger partial charge in [0.05, 0.1) is 23.3 Å². The van der Waals surface area contributed by atoms with Crippen LogP contribution in [-0.2, 0) is 22.4 Å². The Balaban J connectivity index is 2.22. The third-order valence-electron chi connectivity index (χ3n) is 7.65. The van der Waals surface area contributed by atoms with Crippen LogP contribution < -0.4 is 5.63 Å². The molecule has 0 aliphatic heterocycles. The van der Waals surface area contributed by atoms with Crippen LogP contribution in [0.2, 0.25) is 0 Å². The van der Waals surface area contributed by atoms with E-state index in [9.17, 15) is 24.6 Å². The fraction of sp³-hybridized carbons (Fsp3) is 0.571. The number of aliphatic hydroxyl groups excluding tert-OH is 1. The zero-order chi connectivity index (χ0) is 31.6. The Morgan fingerprint density at radius 2 is 1.60 bits per heavy atom. The molecule has 1 aromatic heterocycles. The van der Waals surface area contributed by atoms with Crippen molar-refractivity contribution in [3.05, 3.63) is 63.5 Å². The maximum Gasteiger partial charge on any atom is 0.340 e. The number of unbranched alkanes of at least 4 members (excludes halogenated alkanes) is 8. The molecule has 0 fully saturated rings. The highest BCUT2D eigenvalue weighted by Gasteiger charge is 2.23. The van der Waals surface area contributed by atoms with Gasteiger partial charge in [-0.3, -0.25) is 9.59 Å². The standard InChI is InChI=1S/C35H50O7S/c1-4-6-7-8-9-10-11-12-13-14-15-16-20-31(29(36)19-17-21-32(37)38)43-30-23-22-26-25(3)28(24-33(39)40)35(41)42-34(26)27(30)18-5-2/h14-16,20,22-23,29,31,36H,4-13,17-19,21,24H2,1-3H3,(H,37,38)(H,39,40)/b15-14-,20-16+/t29-,31+/m0/s1. The summed E-state index contributed by atoms with van der Waals surface area (Å²) in [7, 11) is 0. The molecule has 43 heavy (non-hydrogen) atoms. The van der Waals surface area contributed by atoms with Crippen LogP contribution in [0.5, 0.6) is 0 Å². The molecule has 0 aliphatic rings. The lowest BCUT2D eigenvalue weighted by molar-refractivity contribution is -0.137. The Bertz CT molecular complexity index is 1280. The average molecular weight is 615 g/mol. The highest BCUT2D eigenvalue weighted by molar-refractivity contribution is 8.00. The fourth-order valence-electron chi connectivity index (χ4n) is 5.21. The van der Waals surface area contributed by atoms with Crippen LogP contribution in [0.1, 0.15) is 114 Å². The maximum absolute atomic E-state index is 12.8. The second kappa shape index (κ2) is 20.2. The van der Waals surface area contributed by atoms with E-state index in [2.05, 4.69) is 13.0 Å². The molecule has 1 heterocycles. The number of carboxylic acid groups (broad SMARTS) is 2. The monoisotopic (exact) mass is 614 g/mol. The van der Waals surface area contributed by atoms with Gasteiger partial charge in [-0.15, -0.1) is 11.8 Å². The van der Waals surface area contributed by atoms with Crippen LogP contribution >= 0.6 is 11.8 Å². The normalized spacial score (nSPS) is 13.3. The van der Waals surface area contributed by atoms with Crippen molar-refractivity contribution in [2.45, 2.75) is 133 Å². The third-order valence-corrected chi connectivity index (χ3v) is 9.03. The maximum atomic E-state index is 12.8. The summed E-state index contributed by atoms with van der Waals surface area (Å²) >= 11 is 1.47. The second-order valence-corrected chi connectivity index (χ2v) is 12.5. The average Bonchev–Trinajstić information content (AvgIpc) is 2.96. The van der Waals surface area contributed by atoms with Crippen molar-refractivity contribution in [3.63, 3.8) is 0 Å². The lowest BCUT2D eigenvalue weighted by Crippen LogP contribution is -2.21. The van der Waals surface area contributed by atoms with Crippen molar-refractivity contribution in [1.82, 2.24) is 0 Å². The lowest BCUT2D eigenvalue weighted by Gasteiger charge is -2.21. The largest absolute Gasteiger partial charge is 0.481 e. The number of aryl methyl sites for hydroxylation is 2. The smallest absolute Gasteiger partial charge is 0.340 e. The minimum absolute atomic E-state index is 0.00314. The van der Waals surface area contributed by atoms with E-state index in [1.165, 1.54) is 56.7 Å². The van der Waals surface area contributed by atoms with E-state index >= 15 is 0 Å². The van der Waals surface area contributed by atoms with Crippen LogP contribution in [0, 0.1) is 6.92 Å². The summed E-state index contributed by atoms with van der Waals surface area (Å²) in [5.41, 5.74) is 1.43. The first-order chi connectivity index (χ1) is 20.7. The molecule has 0 bridgehead atoms. The molecular formula is C35H50O7S. The number of aliphatic carboxylic acids is 2. The summed E-state index contributed by atoms with van der Waals surface area (Å²) in [5.74, 6) is -1.97. The Morgan fingerprint density at radius 3 is 2.26 bits per heavy atom. The van der Waals surface area contributed by atoms with Gasteiger partial charge in [0.2, 0.25) is 0 Å². The van der Waals surface area contributed by atoms with E-state index in [-0.39, 0.29) is 17.2 Å². The fourth-order valence-corrected chi connectivity index (χ4v) is 6.45. The molecular weight excluding hydrogens is 564 g/mol. The number of carbonyl (C=O) groups is 2. The molecule has 0 radical (unpaired) electrons. The molecule has 2 atom stereocenters. The molecule has 1 aromatic carbocycles. The Kier molecular flexibility index (Phi) is 17.1. The molecule has 0 amide bonds. The SMILES string of the molecule is CCCCCCCCCC/C=C\C=C\[C@@H](Sc1ccc2c(C)c(CC(=O)O)c(=O)oc2c1CCC)[C@@H](O)CCCC(=O)O. The predicted molar refractivity (Wildman–Crippen MR) is 175 cm³/mol. The van der Waals surface area contributed by atoms with E-state index in [0.717, 1.165) is 29.7 Å². The topological polar surface area (TPSA) is 125 Å². The lowest BCUT2D eigenvalue weighted by atomic mass is 10.00. The van der Waals surface area contributed by atoms with E-state index in [0.29, 0.717) is 35.8 Å². The van der Waals surface area contributed by atoms with Gasteiger partial charge in [0.15, 0.2) is 0 Å². The van der Waals surface area contributed by atoms with Gasteiger partial charge in [0, 0.05) is 22.3 Å². The summed E-state index contributed by atoms with van der Waals surface area (Å²) in [4.78, 5) is 36.0. The van der Waals surface area contributed by atoms with Crippen LogP contribution in [0.4, 0.5) is 0 Å². The molecule has 8 heteroatoms. The van der Waals surface area contributed by atoms with Gasteiger partial charge in [0.25, 0.3) is 0 Å². The van der Waals surface area contributed by atoms with Crippen molar-refractivity contribution < 1.29 is 29.3 Å². The summed E-state index contributed by atoms with van der Waals surface area (Å²) < 4.78 is 5.72. The first kappa shape index (κ1) is 36.4. The summed E-state index contributed by atoms with van der Waals surface area (Å²) in [6.07, 6.45) is 20.3. The van der Waals surface area contributed by atoms with Crippen molar-refractivity contribution in [2.75, 3.05) is 0 Å². The van der Waals surface area contributed by atoms with E-state index in [4.69, 9.17) is 9.52 Å². The Labute approximate surface area is 260 Å². The highest BCUT2D eigenvalue weighted by atomic mass is 32.2. The first-order valence-electron chi connectivity index (χ1n) is 15.9. The van der Waals surface area contributed by atoms with Crippen LogP contribution in [0.15, 0.2) is 50.5 Å². The number of rotatable bonds is 22. The molecule has 2 aromatic rings. The van der Waals surface area contributed by atoms with Crippen molar-refractivity contribution >= 4 is 34.7 Å². The van der Waals surface area contributed by atoms with E-state index < -0.39 is 30.1 Å². The highest BCUT2D eigenvalue weighted by Crippen LogP contribution is 2.36. The number of fused-ring (bicyclic) bond motifs is 1. The molecule has 0 unspecified atom stereocenters. The molecule has 0 saturated heterocycles. The second-order valence-electron chi connectivity index (χ2n) is 11.2. The van der Waals surface area contributed by atoms with Crippen LogP contribution in [-0.4, -0.2) is 38.6 Å². The summed E-state index contributed by atoms with van der Waals surface area (Å²) in [6.45, 7) is 6.02. The molecule has 0 saturated carbocycles. The van der Waals surface area contributed by atoms with Crippen LogP contribution in [0.25, 0.3) is 11.0 Å². The Morgan fingerprint density at radius 1 is 0.907 bits per heavy atom. The van der Waals surface area contributed by atoms with E-state index in [1.54, 1.807) is 6.92 Å². The predicted octanol–water partition coefficient (Wildman–Crippen LogP) is 8.40. The summed E-state index contributed by atoms with van der Waals surface area (Å²) in [5, 5.41) is 29.8. The van der Waals surface area contributed by atoms with Crippen molar-refractivity contribution in [2.24, 2.45) is 0 Å². The van der Waals surface area contributed by atoms with Crippen molar-refractivity contribution in [3.8, 4) is 0 Å². The number of benzene rings is 1.